The van der Waals surface area contributed by atoms with Crippen LogP contribution in [-0.4, -0.2) is 46.4 Å². The third kappa shape index (κ3) is 2.93. The number of thiazole rings is 1. The Hall–Kier alpha value is -0.850. The van der Waals surface area contributed by atoms with E-state index in [1.165, 1.54) is 24.2 Å². The number of nitrogens with zero attached hydrogens (tertiary/aromatic N) is 3. The third-order valence-electron chi connectivity index (χ3n) is 3.27. The number of carbonyl (C=O) groups excluding carboxylic acids is 1. The van der Waals surface area contributed by atoms with E-state index in [1.807, 2.05) is 4.90 Å². The summed E-state index contributed by atoms with van der Waals surface area (Å²) in [5.41, 5.74) is 5.59. The van der Waals surface area contributed by atoms with Gasteiger partial charge in [0.15, 0.2) is 5.13 Å². The van der Waals surface area contributed by atoms with E-state index in [2.05, 4.69) is 9.88 Å². The monoisotopic (exact) mass is 288 g/mol. The van der Waals surface area contributed by atoms with E-state index in [9.17, 15) is 4.79 Å². The van der Waals surface area contributed by atoms with E-state index in [-0.39, 0.29) is 18.3 Å². The summed E-state index contributed by atoms with van der Waals surface area (Å²) < 4.78 is 0. The molecule has 0 aromatic carbocycles. The van der Waals surface area contributed by atoms with Crippen LogP contribution in [-0.2, 0) is 11.3 Å². The number of anilines is 1. The maximum absolute atomic E-state index is 11.9. The Labute approximate surface area is 116 Å². The Bertz CT molecular complexity index is 434. The second kappa shape index (κ2) is 5.42. The van der Waals surface area contributed by atoms with Gasteiger partial charge in [-0.25, -0.2) is 4.98 Å². The molecule has 1 amide bonds. The number of nitrogen functional groups attached to an aromatic ring is 1. The van der Waals surface area contributed by atoms with Crippen molar-refractivity contribution in [3.8, 4) is 0 Å². The average molecular weight is 289 g/mol. The van der Waals surface area contributed by atoms with Gasteiger partial charge in [-0.05, 0) is 12.8 Å². The molecule has 1 aromatic heterocycles. The molecule has 5 nitrogen and oxygen atoms in total. The summed E-state index contributed by atoms with van der Waals surface area (Å²) >= 11 is 1.50. The summed E-state index contributed by atoms with van der Waals surface area (Å²) in [7, 11) is 0. The van der Waals surface area contributed by atoms with Crippen LogP contribution >= 0.6 is 23.7 Å². The Kier molecular flexibility index (Phi) is 4.09. The van der Waals surface area contributed by atoms with E-state index in [0.29, 0.717) is 17.7 Å². The fraction of sp³-hybridized carbons (Fsp3) is 0.636. The number of piperazine rings is 1. The summed E-state index contributed by atoms with van der Waals surface area (Å²) in [5, 5.41) is 0.600. The zero-order valence-corrected chi connectivity index (χ0v) is 11.7. The molecule has 0 atom stereocenters. The van der Waals surface area contributed by atoms with E-state index < -0.39 is 0 Å². The number of nitrogens with two attached hydrogens (primary N) is 1. The van der Waals surface area contributed by atoms with Crippen molar-refractivity contribution in [3.63, 3.8) is 0 Å². The van der Waals surface area contributed by atoms with Crippen molar-refractivity contribution in [2.45, 2.75) is 25.4 Å². The highest BCUT2D eigenvalue weighted by atomic mass is 35.5. The maximum atomic E-state index is 11.9. The van der Waals surface area contributed by atoms with Gasteiger partial charge in [-0.2, -0.15) is 0 Å². The molecular weight excluding hydrogens is 272 g/mol. The second-order valence-corrected chi connectivity index (χ2v) is 5.84. The molecule has 1 saturated carbocycles. The lowest BCUT2D eigenvalue weighted by atomic mass is 10.3. The van der Waals surface area contributed by atoms with Crippen molar-refractivity contribution in [1.29, 1.82) is 0 Å². The number of halogens is 1. The molecule has 7 heteroatoms. The summed E-state index contributed by atoms with van der Waals surface area (Å²) in [5.74, 6) is 0.274. The predicted octanol–water partition coefficient (Wildman–Crippen LogP) is 0.954. The van der Waals surface area contributed by atoms with Gasteiger partial charge in [0, 0.05) is 36.8 Å². The first-order valence-corrected chi connectivity index (χ1v) is 6.76. The van der Waals surface area contributed by atoms with Crippen LogP contribution in [0.25, 0.3) is 0 Å². The van der Waals surface area contributed by atoms with Gasteiger partial charge < -0.3 is 10.6 Å². The number of hydrogen-bond acceptors (Lipinski definition) is 5. The van der Waals surface area contributed by atoms with Gasteiger partial charge in [-0.15, -0.1) is 23.7 Å². The van der Waals surface area contributed by atoms with Crippen LogP contribution in [0.2, 0.25) is 0 Å². The van der Waals surface area contributed by atoms with E-state index >= 15 is 0 Å². The molecule has 18 heavy (non-hydrogen) atoms. The Morgan fingerprint density at radius 2 is 2.22 bits per heavy atom. The maximum Gasteiger partial charge on any atom is 0.237 e. The van der Waals surface area contributed by atoms with Crippen molar-refractivity contribution in [1.82, 2.24) is 14.8 Å². The molecular formula is C11H17ClN4OS. The fourth-order valence-corrected chi connectivity index (χ4v) is 2.99. The summed E-state index contributed by atoms with van der Waals surface area (Å²) in [6.07, 6.45) is 4.19. The molecule has 0 bridgehead atoms. The first-order valence-electron chi connectivity index (χ1n) is 5.94. The molecule has 0 unspecified atom stereocenters. The van der Waals surface area contributed by atoms with E-state index in [0.717, 1.165) is 24.5 Å². The van der Waals surface area contributed by atoms with Crippen molar-refractivity contribution >= 4 is 34.8 Å². The summed E-state index contributed by atoms with van der Waals surface area (Å²) in [6.45, 7) is 3.16. The van der Waals surface area contributed by atoms with E-state index in [4.69, 9.17) is 5.73 Å². The SMILES string of the molecule is Cl.Nc1ncc(CN2CCN(C3CC3)C(=O)C2)s1. The van der Waals surface area contributed by atoms with Crippen LogP contribution in [0, 0.1) is 0 Å². The van der Waals surface area contributed by atoms with Crippen molar-refractivity contribution < 1.29 is 4.79 Å². The molecule has 100 valence electrons. The van der Waals surface area contributed by atoms with Crippen LogP contribution in [0.4, 0.5) is 5.13 Å². The number of amides is 1. The minimum absolute atomic E-state index is 0. The molecule has 0 radical (unpaired) electrons. The highest BCUT2D eigenvalue weighted by molar-refractivity contribution is 7.15. The van der Waals surface area contributed by atoms with E-state index in [1.54, 1.807) is 6.20 Å². The molecule has 2 aliphatic rings. The van der Waals surface area contributed by atoms with Gasteiger partial charge in [0.2, 0.25) is 5.91 Å². The smallest absolute Gasteiger partial charge is 0.237 e. The lowest BCUT2D eigenvalue weighted by Gasteiger charge is -2.34. The number of rotatable bonds is 3. The Morgan fingerprint density at radius 3 is 2.78 bits per heavy atom. The molecule has 0 spiro atoms. The van der Waals surface area contributed by atoms with Gasteiger partial charge in [0.25, 0.3) is 0 Å². The highest BCUT2D eigenvalue weighted by Gasteiger charge is 2.35. The lowest BCUT2D eigenvalue weighted by Crippen LogP contribution is -2.50. The van der Waals surface area contributed by atoms with Crippen molar-refractivity contribution in [3.05, 3.63) is 11.1 Å². The fourth-order valence-electron chi connectivity index (χ4n) is 2.26. The molecule has 1 saturated heterocycles. The Morgan fingerprint density at radius 1 is 1.44 bits per heavy atom. The molecule has 1 aliphatic carbocycles. The third-order valence-corrected chi connectivity index (χ3v) is 4.09. The van der Waals surface area contributed by atoms with Gasteiger partial charge >= 0.3 is 0 Å². The second-order valence-electron chi connectivity index (χ2n) is 4.69. The van der Waals surface area contributed by atoms with Crippen molar-refractivity contribution in [2.24, 2.45) is 0 Å². The van der Waals surface area contributed by atoms with Crippen LogP contribution < -0.4 is 5.73 Å². The zero-order chi connectivity index (χ0) is 11.8. The lowest BCUT2D eigenvalue weighted by molar-refractivity contribution is -0.136. The molecule has 2 heterocycles. The van der Waals surface area contributed by atoms with Crippen LogP contribution in [0.5, 0.6) is 0 Å². The van der Waals surface area contributed by atoms with Crippen molar-refractivity contribution in [2.75, 3.05) is 25.4 Å². The van der Waals surface area contributed by atoms with Gasteiger partial charge in [0.05, 0.1) is 6.54 Å². The summed E-state index contributed by atoms with van der Waals surface area (Å²) in [6, 6.07) is 0.545. The van der Waals surface area contributed by atoms with Crippen LogP contribution in [0.3, 0.4) is 0 Å². The predicted molar refractivity (Wildman–Crippen MR) is 73.8 cm³/mol. The zero-order valence-electron chi connectivity index (χ0n) is 10.0. The first kappa shape index (κ1) is 13.6. The van der Waals surface area contributed by atoms with Gasteiger partial charge in [-0.1, -0.05) is 0 Å². The largest absolute Gasteiger partial charge is 0.375 e. The minimum atomic E-state index is 0. The number of aromatic nitrogens is 1. The highest BCUT2D eigenvalue weighted by Crippen LogP contribution is 2.28. The quantitative estimate of drug-likeness (QED) is 0.900. The number of hydrogen-bond donors (Lipinski definition) is 1. The standard InChI is InChI=1S/C11H16N4OS.ClH/c12-11-13-5-9(17-11)6-14-3-4-15(8-1-2-8)10(16)7-14;/h5,8H,1-4,6-7H2,(H2,12,13);1H. The summed E-state index contributed by atoms with van der Waals surface area (Å²) in [4.78, 5) is 21.3. The molecule has 3 rings (SSSR count). The molecule has 2 fully saturated rings. The average Bonchev–Trinajstić information content (AvgIpc) is 3.04. The molecule has 1 aromatic rings. The first-order chi connectivity index (χ1) is 8.22. The van der Waals surface area contributed by atoms with Crippen LogP contribution in [0.1, 0.15) is 17.7 Å². The topological polar surface area (TPSA) is 62.5 Å². The number of carbonyl (C=O) groups is 1. The van der Waals surface area contributed by atoms with Gasteiger partial charge in [-0.3, -0.25) is 9.69 Å². The molecule has 1 aliphatic heterocycles. The minimum Gasteiger partial charge on any atom is -0.375 e. The normalized spacial score (nSPS) is 20.9. The molecule has 2 N–H and O–H groups in total. The van der Waals surface area contributed by atoms with Gasteiger partial charge in [0.1, 0.15) is 0 Å². The Balaban J connectivity index is 0.00000120. The van der Waals surface area contributed by atoms with Crippen LogP contribution in [0.15, 0.2) is 6.20 Å².